The summed E-state index contributed by atoms with van der Waals surface area (Å²) in [5.41, 5.74) is 0. The average molecular weight is 453 g/mol. The second-order valence-corrected chi connectivity index (χ2v) is 9.97. The number of hydrogen-bond acceptors (Lipinski definition) is 2. The fourth-order valence-electron chi connectivity index (χ4n) is 5.60. The Morgan fingerprint density at radius 2 is 1.15 bits per heavy atom. The molecular weight excluding hydrogens is 416 g/mol. The average Bonchev–Trinajstić information content (AvgIpc) is 2.89. The number of benzene rings is 4. The number of fused-ring (bicyclic) bond motifs is 2. The Morgan fingerprint density at radius 3 is 1.65 bits per heavy atom. The van der Waals surface area contributed by atoms with Gasteiger partial charge in [0.25, 0.3) is 0 Å². The molecule has 0 heterocycles. The monoisotopic (exact) mass is 452 g/mol. The van der Waals surface area contributed by atoms with E-state index < -0.39 is 0 Å². The molecule has 0 aromatic heterocycles. The lowest BCUT2D eigenvalue weighted by atomic mass is 9.75. The zero-order valence-corrected chi connectivity index (χ0v) is 20.3. The van der Waals surface area contributed by atoms with Gasteiger partial charge in [-0.05, 0) is 70.5 Å². The minimum absolute atomic E-state index is 0.389. The van der Waals surface area contributed by atoms with E-state index >= 15 is 0 Å². The highest BCUT2D eigenvalue weighted by Gasteiger charge is 2.28. The van der Waals surface area contributed by atoms with Crippen LogP contribution >= 0.6 is 0 Å². The van der Waals surface area contributed by atoms with E-state index in [9.17, 15) is 0 Å². The molecule has 1 saturated carbocycles. The maximum Gasteiger partial charge on any atom is 0.119 e. The highest BCUT2D eigenvalue weighted by molar-refractivity contribution is 5.84. The Balaban J connectivity index is 1.27. The van der Waals surface area contributed by atoms with Gasteiger partial charge in [0.05, 0.1) is 13.2 Å². The molecule has 0 atom stereocenters. The van der Waals surface area contributed by atoms with Crippen molar-refractivity contribution in [3.05, 3.63) is 84.9 Å². The lowest BCUT2D eigenvalue weighted by Gasteiger charge is -2.33. The maximum atomic E-state index is 6.38. The molecule has 2 heteroatoms. The summed E-state index contributed by atoms with van der Waals surface area (Å²) in [7, 11) is 0. The second-order valence-electron chi connectivity index (χ2n) is 9.97. The van der Waals surface area contributed by atoms with Crippen molar-refractivity contribution < 1.29 is 9.47 Å². The minimum Gasteiger partial charge on any atom is -0.493 e. The van der Waals surface area contributed by atoms with Crippen molar-refractivity contribution in [1.82, 2.24) is 0 Å². The van der Waals surface area contributed by atoms with Crippen molar-refractivity contribution in [3.63, 3.8) is 0 Å². The molecular formula is C32H36O2. The van der Waals surface area contributed by atoms with Gasteiger partial charge in [-0.1, -0.05) is 93.3 Å². The third kappa shape index (κ3) is 5.55. The molecule has 0 radical (unpaired) electrons. The molecule has 4 aromatic rings. The summed E-state index contributed by atoms with van der Waals surface area (Å²) in [4.78, 5) is 0. The fraction of sp³-hybridized carbons (Fsp3) is 0.375. The summed E-state index contributed by atoms with van der Waals surface area (Å²) < 4.78 is 12.8. The van der Waals surface area contributed by atoms with Crippen LogP contribution in [0, 0.1) is 17.8 Å². The third-order valence-corrected chi connectivity index (χ3v) is 7.63. The van der Waals surface area contributed by atoms with E-state index in [0.717, 1.165) is 17.4 Å². The summed E-state index contributed by atoms with van der Waals surface area (Å²) in [6.07, 6.45) is 7.95. The van der Waals surface area contributed by atoms with Gasteiger partial charge in [0.15, 0.2) is 0 Å². The van der Waals surface area contributed by atoms with E-state index in [2.05, 4.69) is 91.9 Å². The minimum atomic E-state index is 0.389. The van der Waals surface area contributed by atoms with Gasteiger partial charge in [-0.2, -0.15) is 0 Å². The van der Waals surface area contributed by atoms with Gasteiger partial charge < -0.3 is 9.47 Å². The smallest absolute Gasteiger partial charge is 0.119 e. The lowest BCUT2D eigenvalue weighted by Crippen LogP contribution is -2.31. The second kappa shape index (κ2) is 11.0. The zero-order valence-electron chi connectivity index (χ0n) is 20.3. The van der Waals surface area contributed by atoms with Crippen LogP contribution in [0.5, 0.6) is 11.5 Å². The van der Waals surface area contributed by atoms with E-state index in [4.69, 9.17) is 9.47 Å². The van der Waals surface area contributed by atoms with E-state index in [0.29, 0.717) is 25.0 Å². The van der Waals surface area contributed by atoms with Crippen molar-refractivity contribution in [1.29, 1.82) is 0 Å². The predicted molar refractivity (Wildman–Crippen MR) is 143 cm³/mol. The third-order valence-electron chi connectivity index (χ3n) is 7.63. The standard InChI is InChI=1S/C32H36O2/c1-2-7-24-12-14-27(15-13-24)30(22-33-31-18-16-25-8-3-5-10-28(25)20-31)23-34-32-19-17-26-9-4-6-11-29(26)21-32/h3-6,8-11,16-21,24,27,30H,2,7,12-15,22-23H2,1H3. The van der Waals surface area contributed by atoms with Crippen LogP contribution in [0.15, 0.2) is 84.9 Å². The normalized spacial score (nSPS) is 18.4. The maximum absolute atomic E-state index is 6.38. The highest BCUT2D eigenvalue weighted by atomic mass is 16.5. The van der Waals surface area contributed by atoms with Crippen LogP contribution in [-0.2, 0) is 0 Å². The fourth-order valence-corrected chi connectivity index (χ4v) is 5.60. The summed E-state index contributed by atoms with van der Waals surface area (Å²) in [5.74, 6) is 3.86. The first-order chi connectivity index (χ1) is 16.8. The van der Waals surface area contributed by atoms with Gasteiger partial charge in [0.2, 0.25) is 0 Å². The molecule has 5 rings (SSSR count). The quantitative estimate of drug-likeness (QED) is 0.253. The van der Waals surface area contributed by atoms with Gasteiger partial charge in [0.1, 0.15) is 11.5 Å². The van der Waals surface area contributed by atoms with Crippen molar-refractivity contribution >= 4 is 21.5 Å². The molecule has 0 saturated heterocycles. The largest absolute Gasteiger partial charge is 0.493 e. The number of rotatable bonds is 9. The van der Waals surface area contributed by atoms with E-state index in [-0.39, 0.29) is 0 Å². The molecule has 176 valence electrons. The van der Waals surface area contributed by atoms with Gasteiger partial charge in [-0.25, -0.2) is 0 Å². The van der Waals surface area contributed by atoms with Crippen LogP contribution in [0.25, 0.3) is 21.5 Å². The molecule has 0 aliphatic heterocycles. The van der Waals surface area contributed by atoms with E-state index in [1.807, 2.05) is 0 Å². The van der Waals surface area contributed by atoms with Crippen LogP contribution in [0.2, 0.25) is 0 Å². The SMILES string of the molecule is CCCC1CCC(C(COc2ccc3ccccc3c2)COc2ccc3ccccc3c2)CC1. The number of ether oxygens (including phenoxy) is 2. The first-order valence-corrected chi connectivity index (χ1v) is 13.0. The molecule has 1 aliphatic rings. The van der Waals surface area contributed by atoms with E-state index in [1.54, 1.807) is 0 Å². The topological polar surface area (TPSA) is 18.5 Å². The van der Waals surface area contributed by atoms with Gasteiger partial charge in [-0.3, -0.25) is 0 Å². The van der Waals surface area contributed by atoms with Crippen LogP contribution in [0.1, 0.15) is 45.4 Å². The Hall–Kier alpha value is -3.00. The molecule has 1 aliphatic carbocycles. The van der Waals surface area contributed by atoms with Crippen molar-refractivity contribution in [2.24, 2.45) is 17.8 Å². The van der Waals surface area contributed by atoms with Gasteiger partial charge in [-0.15, -0.1) is 0 Å². The summed E-state index contributed by atoms with van der Waals surface area (Å²) in [6.45, 7) is 3.72. The molecule has 0 N–H and O–H groups in total. The first-order valence-electron chi connectivity index (χ1n) is 13.0. The summed E-state index contributed by atoms with van der Waals surface area (Å²) >= 11 is 0. The van der Waals surface area contributed by atoms with E-state index in [1.165, 1.54) is 60.1 Å². The molecule has 34 heavy (non-hydrogen) atoms. The van der Waals surface area contributed by atoms with Crippen LogP contribution < -0.4 is 9.47 Å². The van der Waals surface area contributed by atoms with Crippen LogP contribution in [0.3, 0.4) is 0 Å². The molecule has 0 amide bonds. The number of hydrogen-bond donors (Lipinski definition) is 0. The predicted octanol–water partition coefficient (Wildman–Crippen LogP) is 8.67. The molecule has 0 spiro atoms. The Morgan fingerprint density at radius 1 is 0.647 bits per heavy atom. The molecule has 4 aromatic carbocycles. The van der Waals surface area contributed by atoms with Crippen molar-refractivity contribution in [3.8, 4) is 11.5 Å². The Kier molecular flexibility index (Phi) is 7.34. The molecule has 0 unspecified atom stereocenters. The van der Waals surface area contributed by atoms with Crippen LogP contribution in [-0.4, -0.2) is 13.2 Å². The molecule has 0 bridgehead atoms. The van der Waals surface area contributed by atoms with Gasteiger partial charge >= 0.3 is 0 Å². The molecule has 1 fully saturated rings. The van der Waals surface area contributed by atoms with Crippen molar-refractivity contribution in [2.45, 2.75) is 45.4 Å². The highest BCUT2D eigenvalue weighted by Crippen LogP contribution is 2.36. The Labute approximate surface area is 203 Å². The summed E-state index contributed by atoms with van der Waals surface area (Å²) in [5, 5.41) is 4.95. The van der Waals surface area contributed by atoms with Crippen LogP contribution in [0.4, 0.5) is 0 Å². The lowest BCUT2D eigenvalue weighted by molar-refractivity contribution is 0.0964. The zero-order chi connectivity index (χ0) is 23.2. The molecule has 2 nitrogen and oxygen atoms in total. The summed E-state index contributed by atoms with van der Waals surface area (Å²) in [6, 6.07) is 29.8. The Bertz CT molecular complexity index is 1120. The van der Waals surface area contributed by atoms with Gasteiger partial charge in [0, 0.05) is 5.92 Å². The first kappa shape index (κ1) is 22.8. The van der Waals surface area contributed by atoms with Crippen molar-refractivity contribution in [2.75, 3.05) is 13.2 Å².